The molecule has 0 unspecified atom stereocenters. The summed E-state index contributed by atoms with van der Waals surface area (Å²) in [6.45, 7) is 0.201. The Kier molecular flexibility index (Phi) is 5.54. The Morgan fingerprint density at radius 3 is 2.14 bits per heavy atom. The monoisotopic (exact) mass is 387 g/mol. The van der Waals surface area contributed by atoms with Crippen molar-refractivity contribution in [2.45, 2.75) is 12.7 Å². The van der Waals surface area contributed by atoms with Gasteiger partial charge in [0.05, 0.1) is 11.3 Å². The third kappa shape index (κ3) is 4.62. The molecule has 0 aliphatic heterocycles. The van der Waals surface area contributed by atoms with Crippen molar-refractivity contribution in [1.29, 1.82) is 0 Å². The van der Waals surface area contributed by atoms with Crippen molar-refractivity contribution in [2.24, 2.45) is 0 Å². The minimum absolute atomic E-state index is 0.0556. The minimum Gasteiger partial charge on any atom is -0.478 e. The summed E-state index contributed by atoms with van der Waals surface area (Å²) in [6, 6.07) is 18.7. The highest BCUT2D eigenvalue weighted by Crippen LogP contribution is 2.43. The number of halogens is 3. The molecule has 0 saturated carbocycles. The van der Waals surface area contributed by atoms with Gasteiger partial charge in [-0.25, -0.2) is 4.79 Å². The Balaban J connectivity index is 2.07. The maximum absolute atomic E-state index is 13.6. The first-order chi connectivity index (χ1) is 13.3. The number of rotatable bonds is 6. The molecule has 2 N–H and O–H groups in total. The standard InChI is InChI=1S/C21H16F3NO3/c22-21(23,24)17-11-15(20(26)27)12-18(25-13-14-7-3-1-4-8-14)19(17)28-16-9-5-2-6-10-16/h1-12,25H,13H2,(H,26,27). The fourth-order valence-electron chi connectivity index (χ4n) is 2.60. The highest BCUT2D eigenvalue weighted by atomic mass is 19.4. The molecule has 0 radical (unpaired) electrons. The number of aromatic carboxylic acids is 1. The van der Waals surface area contributed by atoms with E-state index in [4.69, 9.17) is 4.74 Å². The van der Waals surface area contributed by atoms with E-state index in [1.165, 1.54) is 12.1 Å². The summed E-state index contributed by atoms with van der Waals surface area (Å²) < 4.78 is 46.4. The Hall–Kier alpha value is -3.48. The smallest absolute Gasteiger partial charge is 0.420 e. The SMILES string of the molecule is O=C(O)c1cc(NCc2ccccc2)c(Oc2ccccc2)c(C(F)(F)F)c1. The maximum atomic E-state index is 13.6. The van der Waals surface area contributed by atoms with Crippen molar-refractivity contribution in [3.8, 4) is 11.5 Å². The lowest BCUT2D eigenvalue weighted by Crippen LogP contribution is -2.12. The zero-order chi connectivity index (χ0) is 20.1. The van der Waals surface area contributed by atoms with E-state index in [2.05, 4.69) is 5.32 Å². The second-order valence-corrected chi connectivity index (χ2v) is 5.96. The molecule has 3 rings (SSSR count). The number of nitrogens with one attached hydrogen (secondary N) is 1. The molecule has 3 aromatic carbocycles. The molecule has 0 aliphatic carbocycles. The first-order valence-corrected chi connectivity index (χ1v) is 8.34. The first-order valence-electron chi connectivity index (χ1n) is 8.34. The third-order valence-corrected chi connectivity index (χ3v) is 3.93. The van der Waals surface area contributed by atoms with E-state index in [-0.39, 0.29) is 18.0 Å². The van der Waals surface area contributed by atoms with E-state index in [9.17, 15) is 23.1 Å². The number of hydrogen-bond donors (Lipinski definition) is 2. The van der Waals surface area contributed by atoms with Crippen molar-refractivity contribution >= 4 is 11.7 Å². The van der Waals surface area contributed by atoms with E-state index in [1.807, 2.05) is 6.07 Å². The number of carboxylic acid groups (broad SMARTS) is 1. The number of ether oxygens (including phenoxy) is 1. The van der Waals surface area contributed by atoms with Gasteiger partial charge in [-0.3, -0.25) is 0 Å². The maximum Gasteiger partial charge on any atom is 0.420 e. The van der Waals surface area contributed by atoms with Gasteiger partial charge in [-0.05, 0) is 29.8 Å². The van der Waals surface area contributed by atoms with Crippen molar-refractivity contribution in [3.05, 3.63) is 89.5 Å². The highest BCUT2D eigenvalue weighted by molar-refractivity contribution is 5.90. The molecule has 0 heterocycles. The summed E-state index contributed by atoms with van der Waals surface area (Å²) in [5.74, 6) is -1.72. The molecule has 144 valence electrons. The number of benzene rings is 3. The van der Waals surface area contributed by atoms with Crippen LogP contribution in [0.2, 0.25) is 0 Å². The molecular weight excluding hydrogens is 371 g/mol. The molecule has 0 spiro atoms. The predicted molar refractivity (Wildman–Crippen MR) is 98.7 cm³/mol. The van der Waals surface area contributed by atoms with Crippen LogP contribution in [0.15, 0.2) is 72.8 Å². The molecule has 3 aromatic rings. The number of carbonyl (C=O) groups is 1. The number of para-hydroxylation sites is 1. The molecule has 28 heavy (non-hydrogen) atoms. The fourth-order valence-corrected chi connectivity index (χ4v) is 2.60. The average Bonchev–Trinajstić information content (AvgIpc) is 2.67. The quantitative estimate of drug-likeness (QED) is 0.561. The van der Waals surface area contributed by atoms with E-state index in [0.29, 0.717) is 6.07 Å². The van der Waals surface area contributed by atoms with Crippen molar-refractivity contribution in [2.75, 3.05) is 5.32 Å². The van der Waals surface area contributed by atoms with Crippen LogP contribution in [-0.2, 0) is 12.7 Å². The molecular formula is C21H16F3NO3. The van der Waals surface area contributed by atoms with E-state index in [1.54, 1.807) is 42.5 Å². The van der Waals surface area contributed by atoms with Gasteiger partial charge in [0.2, 0.25) is 0 Å². The largest absolute Gasteiger partial charge is 0.478 e. The summed E-state index contributed by atoms with van der Waals surface area (Å²) in [4.78, 5) is 11.3. The number of hydrogen-bond acceptors (Lipinski definition) is 3. The summed E-state index contributed by atoms with van der Waals surface area (Å²) in [5, 5.41) is 12.1. The molecule has 7 heteroatoms. The van der Waals surface area contributed by atoms with Crippen LogP contribution < -0.4 is 10.1 Å². The van der Waals surface area contributed by atoms with Gasteiger partial charge in [0.15, 0.2) is 5.75 Å². The second-order valence-electron chi connectivity index (χ2n) is 5.96. The normalized spacial score (nSPS) is 11.1. The molecule has 0 aromatic heterocycles. The Bertz CT molecular complexity index is 958. The van der Waals surface area contributed by atoms with Gasteiger partial charge in [-0.15, -0.1) is 0 Å². The van der Waals surface area contributed by atoms with Crippen molar-refractivity contribution in [3.63, 3.8) is 0 Å². The molecule has 0 bridgehead atoms. The highest BCUT2D eigenvalue weighted by Gasteiger charge is 2.37. The molecule has 0 fully saturated rings. The van der Waals surface area contributed by atoms with Crippen molar-refractivity contribution < 1.29 is 27.8 Å². The van der Waals surface area contributed by atoms with Crippen LogP contribution >= 0.6 is 0 Å². The lowest BCUT2D eigenvalue weighted by Gasteiger charge is -2.19. The molecule has 0 amide bonds. The lowest BCUT2D eigenvalue weighted by molar-refractivity contribution is -0.138. The third-order valence-electron chi connectivity index (χ3n) is 3.93. The van der Waals surface area contributed by atoms with Gasteiger partial charge in [-0.2, -0.15) is 13.2 Å². The molecule has 0 atom stereocenters. The topological polar surface area (TPSA) is 58.6 Å². The van der Waals surface area contributed by atoms with Crippen molar-refractivity contribution in [1.82, 2.24) is 0 Å². The summed E-state index contributed by atoms with van der Waals surface area (Å²) in [7, 11) is 0. The molecule has 0 saturated heterocycles. The van der Waals surface area contributed by atoms with Crippen LogP contribution in [0.3, 0.4) is 0 Å². The minimum atomic E-state index is -4.79. The fraction of sp³-hybridized carbons (Fsp3) is 0.0952. The Morgan fingerprint density at radius 1 is 0.964 bits per heavy atom. The Morgan fingerprint density at radius 2 is 1.57 bits per heavy atom. The van der Waals surface area contributed by atoms with Crippen LogP contribution in [0.4, 0.5) is 18.9 Å². The van der Waals surface area contributed by atoms with E-state index in [0.717, 1.165) is 11.6 Å². The van der Waals surface area contributed by atoms with Crippen LogP contribution in [0.1, 0.15) is 21.5 Å². The Labute approximate surface area is 159 Å². The molecule has 4 nitrogen and oxygen atoms in total. The van der Waals surface area contributed by atoms with Gasteiger partial charge in [0.25, 0.3) is 0 Å². The first kappa shape index (κ1) is 19.3. The van der Waals surface area contributed by atoms with Gasteiger partial charge in [0, 0.05) is 6.54 Å². The summed E-state index contributed by atoms with van der Waals surface area (Å²) >= 11 is 0. The summed E-state index contributed by atoms with van der Waals surface area (Å²) in [5.41, 5.74) is -0.877. The van der Waals surface area contributed by atoms with Gasteiger partial charge >= 0.3 is 12.1 Å². The lowest BCUT2D eigenvalue weighted by atomic mass is 10.1. The zero-order valence-electron chi connectivity index (χ0n) is 14.5. The van der Waals surface area contributed by atoms with Gasteiger partial charge in [0.1, 0.15) is 11.3 Å². The van der Waals surface area contributed by atoms with Gasteiger partial charge < -0.3 is 15.2 Å². The molecule has 0 aliphatic rings. The number of alkyl halides is 3. The van der Waals surface area contributed by atoms with E-state index < -0.39 is 29.0 Å². The van der Waals surface area contributed by atoms with E-state index >= 15 is 0 Å². The average molecular weight is 387 g/mol. The van der Waals surface area contributed by atoms with Crippen LogP contribution in [0.25, 0.3) is 0 Å². The van der Waals surface area contributed by atoms with Crippen LogP contribution in [0.5, 0.6) is 11.5 Å². The summed E-state index contributed by atoms with van der Waals surface area (Å²) in [6.07, 6.45) is -4.79. The van der Waals surface area contributed by atoms with Gasteiger partial charge in [-0.1, -0.05) is 48.5 Å². The van der Waals surface area contributed by atoms with Crippen LogP contribution in [-0.4, -0.2) is 11.1 Å². The van der Waals surface area contributed by atoms with Crippen LogP contribution in [0, 0.1) is 0 Å². The zero-order valence-corrected chi connectivity index (χ0v) is 14.5. The number of carboxylic acids is 1. The second kappa shape index (κ2) is 8.04. The predicted octanol–water partition coefficient (Wildman–Crippen LogP) is 5.81. The number of anilines is 1.